The molecule has 0 aromatic heterocycles. The molecule has 0 rings (SSSR count). The van der Waals surface area contributed by atoms with Crippen molar-refractivity contribution in [3.8, 4) is 0 Å². The molecule has 0 aliphatic heterocycles. The summed E-state index contributed by atoms with van der Waals surface area (Å²) < 4.78 is 6.18. The van der Waals surface area contributed by atoms with Crippen LogP contribution in [0.3, 0.4) is 0 Å². The summed E-state index contributed by atoms with van der Waals surface area (Å²) in [4.78, 5) is 2.52. The van der Waals surface area contributed by atoms with Crippen LogP contribution < -0.4 is 0 Å². The van der Waals surface area contributed by atoms with Gasteiger partial charge < -0.3 is 4.74 Å². The van der Waals surface area contributed by atoms with Crippen molar-refractivity contribution >= 4 is 11.8 Å². The number of hydrogen-bond acceptors (Lipinski definition) is 3. The van der Waals surface area contributed by atoms with Gasteiger partial charge >= 0.3 is 0 Å². The number of hydrogen-bond donors (Lipinski definition) is 0. The Bertz CT molecular complexity index is 244. The van der Waals surface area contributed by atoms with Gasteiger partial charge in [-0.3, -0.25) is 4.90 Å². The lowest BCUT2D eigenvalue weighted by Crippen LogP contribution is -2.53. The van der Waals surface area contributed by atoms with Gasteiger partial charge in [0, 0.05) is 29.0 Å². The fraction of sp³-hybridized carbons (Fsp3) is 1.00. The first-order valence-corrected chi connectivity index (χ1v) is 8.82. The SMILES string of the molecule is CC(C)(C)SCCCOCCN(C(C)(C)C)C(C)(C)C. The van der Waals surface area contributed by atoms with E-state index in [2.05, 4.69) is 67.2 Å². The molecule has 20 heavy (non-hydrogen) atoms. The smallest absolute Gasteiger partial charge is 0.0593 e. The number of thioether (sulfide) groups is 1. The highest BCUT2D eigenvalue weighted by molar-refractivity contribution is 8.00. The molecule has 0 amide bonds. The second-order valence-corrected chi connectivity index (χ2v) is 10.3. The Morgan fingerprint density at radius 3 is 1.70 bits per heavy atom. The van der Waals surface area contributed by atoms with Gasteiger partial charge in [0.15, 0.2) is 0 Å². The molecule has 0 aliphatic carbocycles. The van der Waals surface area contributed by atoms with E-state index in [0.717, 1.165) is 26.2 Å². The van der Waals surface area contributed by atoms with Crippen molar-refractivity contribution in [2.45, 2.75) is 84.6 Å². The van der Waals surface area contributed by atoms with E-state index in [-0.39, 0.29) is 11.1 Å². The van der Waals surface area contributed by atoms with Gasteiger partial charge in [0.25, 0.3) is 0 Å². The molecule has 0 heterocycles. The molecule has 2 nitrogen and oxygen atoms in total. The zero-order valence-electron chi connectivity index (χ0n) is 15.3. The van der Waals surface area contributed by atoms with Crippen molar-refractivity contribution in [2.75, 3.05) is 25.5 Å². The summed E-state index contributed by atoms with van der Waals surface area (Å²) in [6.45, 7) is 23.2. The van der Waals surface area contributed by atoms with Crippen LogP contribution in [-0.4, -0.2) is 46.2 Å². The number of nitrogens with zero attached hydrogens (tertiary/aromatic N) is 1. The van der Waals surface area contributed by atoms with Crippen LogP contribution in [0.5, 0.6) is 0 Å². The topological polar surface area (TPSA) is 12.5 Å². The van der Waals surface area contributed by atoms with E-state index in [4.69, 9.17) is 4.74 Å². The fourth-order valence-electron chi connectivity index (χ4n) is 2.47. The van der Waals surface area contributed by atoms with Crippen molar-refractivity contribution < 1.29 is 4.74 Å². The molecule has 122 valence electrons. The molecule has 0 aromatic carbocycles. The highest BCUT2D eigenvalue weighted by atomic mass is 32.2. The highest BCUT2D eigenvalue weighted by Gasteiger charge is 2.30. The van der Waals surface area contributed by atoms with Crippen LogP contribution in [0.4, 0.5) is 0 Å². The first kappa shape index (κ1) is 20.3. The minimum atomic E-state index is 0.184. The van der Waals surface area contributed by atoms with E-state index in [1.807, 2.05) is 11.8 Å². The van der Waals surface area contributed by atoms with Crippen LogP contribution in [-0.2, 0) is 4.74 Å². The molecule has 0 fully saturated rings. The molecule has 0 radical (unpaired) electrons. The summed E-state index contributed by atoms with van der Waals surface area (Å²) in [7, 11) is 0. The van der Waals surface area contributed by atoms with Gasteiger partial charge in [0.1, 0.15) is 0 Å². The third kappa shape index (κ3) is 10.1. The molecule has 0 aliphatic rings. The summed E-state index contributed by atoms with van der Waals surface area (Å²) in [5.74, 6) is 1.19. The van der Waals surface area contributed by atoms with Crippen LogP contribution in [0.15, 0.2) is 0 Å². The van der Waals surface area contributed by atoms with E-state index in [0.29, 0.717) is 4.75 Å². The molecule has 0 N–H and O–H groups in total. The van der Waals surface area contributed by atoms with Gasteiger partial charge in [-0.05, 0) is 53.7 Å². The molecule has 0 unspecified atom stereocenters. The first-order chi connectivity index (χ1) is 8.84. The molecular weight excluding hydrogens is 266 g/mol. The maximum atomic E-state index is 5.81. The normalized spacial score (nSPS) is 14.1. The average molecular weight is 304 g/mol. The lowest BCUT2D eigenvalue weighted by molar-refractivity contribution is 0.00565. The van der Waals surface area contributed by atoms with E-state index in [1.165, 1.54) is 5.75 Å². The minimum absolute atomic E-state index is 0.184. The van der Waals surface area contributed by atoms with E-state index >= 15 is 0 Å². The van der Waals surface area contributed by atoms with E-state index in [1.54, 1.807) is 0 Å². The lowest BCUT2D eigenvalue weighted by Gasteiger charge is -2.45. The van der Waals surface area contributed by atoms with Crippen LogP contribution >= 0.6 is 11.8 Å². The molecule has 0 spiro atoms. The Hall–Kier alpha value is 0.270. The molecule has 0 saturated carbocycles. The van der Waals surface area contributed by atoms with Crippen LogP contribution in [0, 0.1) is 0 Å². The van der Waals surface area contributed by atoms with Gasteiger partial charge in [-0.2, -0.15) is 11.8 Å². The number of rotatable bonds is 7. The maximum absolute atomic E-state index is 5.81. The monoisotopic (exact) mass is 303 g/mol. The summed E-state index contributed by atoms with van der Waals surface area (Å²) in [5, 5.41) is 0. The van der Waals surface area contributed by atoms with E-state index in [9.17, 15) is 0 Å². The Kier molecular flexibility index (Phi) is 8.16. The van der Waals surface area contributed by atoms with Gasteiger partial charge in [0.05, 0.1) is 6.61 Å². The van der Waals surface area contributed by atoms with Crippen molar-refractivity contribution in [3.05, 3.63) is 0 Å². The third-order valence-corrected chi connectivity index (χ3v) is 4.41. The molecule has 0 aromatic rings. The van der Waals surface area contributed by atoms with Crippen LogP contribution in [0.25, 0.3) is 0 Å². The van der Waals surface area contributed by atoms with Crippen molar-refractivity contribution in [2.24, 2.45) is 0 Å². The van der Waals surface area contributed by atoms with Gasteiger partial charge in [0.2, 0.25) is 0 Å². The molecule has 0 bridgehead atoms. The quantitative estimate of drug-likeness (QED) is 0.625. The predicted molar refractivity (Wildman–Crippen MR) is 93.9 cm³/mol. The summed E-state index contributed by atoms with van der Waals surface area (Å²) in [6, 6.07) is 0. The third-order valence-electron chi connectivity index (χ3n) is 3.05. The van der Waals surface area contributed by atoms with Crippen molar-refractivity contribution in [1.29, 1.82) is 0 Å². The van der Waals surface area contributed by atoms with Gasteiger partial charge in [-0.15, -0.1) is 0 Å². The Balaban J connectivity index is 3.87. The number of ether oxygens (including phenoxy) is 1. The Morgan fingerprint density at radius 2 is 1.30 bits per heavy atom. The predicted octanol–water partition coefficient (Wildman–Crippen LogP) is 4.82. The zero-order valence-corrected chi connectivity index (χ0v) is 16.1. The standard InChI is InChI=1S/C17H37NOS/c1-15(2,3)18(16(4,5)6)11-13-19-12-10-14-20-17(7,8)9/h10-14H2,1-9H3. The maximum Gasteiger partial charge on any atom is 0.0593 e. The van der Waals surface area contributed by atoms with E-state index < -0.39 is 0 Å². The molecule has 0 atom stereocenters. The summed E-state index contributed by atoms with van der Waals surface area (Å²) in [6.07, 6.45) is 1.15. The average Bonchev–Trinajstić information content (AvgIpc) is 2.16. The summed E-state index contributed by atoms with van der Waals surface area (Å²) in [5.41, 5.74) is 0.368. The largest absolute Gasteiger partial charge is 0.380 e. The minimum Gasteiger partial charge on any atom is -0.380 e. The molecule has 0 saturated heterocycles. The van der Waals surface area contributed by atoms with Crippen LogP contribution in [0.2, 0.25) is 0 Å². The van der Waals surface area contributed by atoms with Crippen molar-refractivity contribution in [3.63, 3.8) is 0 Å². The van der Waals surface area contributed by atoms with Crippen molar-refractivity contribution in [1.82, 2.24) is 4.90 Å². The van der Waals surface area contributed by atoms with Gasteiger partial charge in [-0.1, -0.05) is 20.8 Å². The summed E-state index contributed by atoms with van der Waals surface area (Å²) >= 11 is 2.02. The van der Waals surface area contributed by atoms with Gasteiger partial charge in [-0.25, -0.2) is 0 Å². The fourth-order valence-corrected chi connectivity index (χ4v) is 3.35. The van der Waals surface area contributed by atoms with Crippen LogP contribution in [0.1, 0.15) is 68.7 Å². The molecule has 3 heteroatoms. The zero-order chi connectivity index (χ0) is 16.0. The lowest BCUT2D eigenvalue weighted by atomic mass is 9.96. The Morgan fingerprint density at radius 1 is 0.800 bits per heavy atom. The molecular formula is C17H37NOS. The second kappa shape index (κ2) is 8.05. The second-order valence-electron chi connectivity index (χ2n) is 8.42. The first-order valence-electron chi connectivity index (χ1n) is 7.83. The Labute approximate surface area is 132 Å². The highest BCUT2D eigenvalue weighted by Crippen LogP contribution is 2.24.